The molecule has 1 spiro atoms. The Morgan fingerprint density at radius 2 is 2.00 bits per heavy atom. The van der Waals surface area contributed by atoms with Gasteiger partial charge in [0.15, 0.2) is 5.65 Å². The first-order chi connectivity index (χ1) is 15.4. The molecule has 4 aromatic heterocycles. The smallest absolute Gasteiger partial charge is 0.256 e. The van der Waals surface area contributed by atoms with Gasteiger partial charge in [0.1, 0.15) is 5.82 Å². The first kappa shape index (κ1) is 19.5. The Hall–Kier alpha value is -3.14. The topological polar surface area (TPSA) is 76.2 Å². The average molecular weight is 438 g/mol. The molecule has 32 heavy (non-hydrogen) atoms. The summed E-state index contributed by atoms with van der Waals surface area (Å²) in [5.74, 6) is 1.14. The number of nitrogens with zero attached hydrogens (tertiary/aromatic N) is 7. The quantitative estimate of drug-likeness (QED) is 0.516. The molecule has 2 fully saturated rings. The van der Waals surface area contributed by atoms with Gasteiger partial charge in [-0.2, -0.15) is 0 Å². The van der Waals surface area contributed by atoms with Gasteiger partial charge in [0.2, 0.25) is 5.95 Å². The van der Waals surface area contributed by atoms with Crippen molar-refractivity contribution in [2.75, 3.05) is 25.5 Å². The maximum Gasteiger partial charge on any atom is 0.256 e. The molecule has 8 nitrogen and oxygen atoms in total. The van der Waals surface area contributed by atoms with E-state index in [-0.39, 0.29) is 0 Å². The summed E-state index contributed by atoms with van der Waals surface area (Å²) in [6.45, 7) is 3.67. The Morgan fingerprint density at radius 3 is 2.75 bits per heavy atom. The van der Waals surface area contributed by atoms with E-state index in [0.29, 0.717) is 34.4 Å². The van der Waals surface area contributed by atoms with Crippen molar-refractivity contribution in [3.63, 3.8) is 0 Å². The van der Waals surface area contributed by atoms with Crippen LogP contribution < -0.4 is 5.32 Å². The molecule has 0 amide bonds. The second-order valence-corrected chi connectivity index (χ2v) is 9.29. The number of aromatic nitrogens is 6. The highest BCUT2D eigenvalue weighted by atomic mass is 19.3. The number of nitrogens with one attached hydrogen (secondary N) is 1. The largest absolute Gasteiger partial charge is 0.350 e. The van der Waals surface area contributed by atoms with Crippen LogP contribution in [0.2, 0.25) is 0 Å². The van der Waals surface area contributed by atoms with Crippen LogP contribution in [-0.4, -0.2) is 66.6 Å². The number of rotatable bonds is 5. The number of aryl methyl sites for hydroxylation is 1. The predicted octanol–water partition coefficient (Wildman–Crippen LogP) is 3.22. The number of hydrogen-bond donors (Lipinski definition) is 1. The third-order valence-corrected chi connectivity index (χ3v) is 6.75. The highest BCUT2D eigenvalue weighted by Gasteiger charge is 2.51. The van der Waals surface area contributed by atoms with Gasteiger partial charge in [-0.15, -0.1) is 5.10 Å². The van der Waals surface area contributed by atoms with E-state index in [9.17, 15) is 8.78 Å². The van der Waals surface area contributed by atoms with E-state index in [2.05, 4.69) is 37.3 Å². The molecular formula is C22H24F2N8. The molecule has 0 unspecified atom stereocenters. The standard InChI is InChI=1S/C22H24F2N8/c1-13-27-20-17(31(13)10-19(23)24)5-14(8-25-20)16-3-4-32-18(16)9-26-21(29-32)28-15-6-22(7-15)11-30(2)12-22/h3-5,8-9,15,19H,6-7,10-12H2,1-2H3,(H,28,29). The zero-order chi connectivity index (χ0) is 22.0. The van der Waals surface area contributed by atoms with Crippen LogP contribution in [0.3, 0.4) is 0 Å². The molecule has 1 aliphatic carbocycles. The van der Waals surface area contributed by atoms with Crippen molar-refractivity contribution in [2.45, 2.75) is 38.8 Å². The second kappa shape index (κ2) is 6.93. The normalized spacial score (nSPS) is 18.5. The van der Waals surface area contributed by atoms with Crippen LogP contribution in [-0.2, 0) is 6.54 Å². The second-order valence-electron chi connectivity index (χ2n) is 9.29. The number of likely N-dealkylation sites (tertiary alicyclic amines) is 1. The first-order valence-corrected chi connectivity index (χ1v) is 10.8. The monoisotopic (exact) mass is 438 g/mol. The van der Waals surface area contributed by atoms with Crippen LogP contribution >= 0.6 is 0 Å². The highest BCUT2D eigenvalue weighted by Crippen LogP contribution is 2.48. The summed E-state index contributed by atoms with van der Waals surface area (Å²) in [5.41, 5.74) is 4.11. The fourth-order valence-corrected chi connectivity index (χ4v) is 5.47. The summed E-state index contributed by atoms with van der Waals surface area (Å²) in [5, 5.41) is 8.07. The average Bonchev–Trinajstić information content (AvgIpc) is 3.25. The lowest BCUT2D eigenvalue weighted by molar-refractivity contribution is -0.0514. The SMILES string of the molecule is Cc1nc2ncc(-c3ccn4nc(NC5CC6(C5)CN(C)C6)ncc34)cc2n1CC(F)F. The van der Waals surface area contributed by atoms with Gasteiger partial charge in [-0.3, -0.25) is 0 Å². The van der Waals surface area contributed by atoms with Gasteiger partial charge in [-0.25, -0.2) is 28.2 Å². The zero-order valence-electron chi connectivity index (χ0n) is 18.0. The lowest BCUT2D eigenvalue weighted by Gasteiger charge is -2.58. The van der Waals surface area contributed by atoms with Crippen LogP contribution in [0.5, 0.6) is 0 Å². The molecule has 0 aromatic carbocycles. The third kappa shape index (κ3) is 3.12. The Bertz CT molecular complexity index is 1310. The Morgan fingerprint density at radius 1 is 1.19 bits per heavy atom. The molecule has 5 heterocycles. The molecular weight excluding hydrogens is 414 g/mol. The summed E-state index contributed by atoms with van der Waals surface area (Å²) in [4.78, 5) is 15.6. The van der Waals surface area contributed by atoms with Crippen LogP contribution in [0, 0.1) is 12.3 Å². The number of imidazole rings is 1. The fourth-order valence-electron chi connectivity index (χ4n) is 5.47. The van der Waals surface area contributed by atoms with Gasteiger partial charge in [0, 0.05) is 42.7 Å². The lowest BCUT2D eigenvalue weighted by Crippen LogP contribution is -2.63. The maximum absolute atomic E-state index is 13.0. The summed E-state index contributed by atoms with van der Waals surface area (Å²) >= 11 is 0. The molecule has 4 aromatic rings. The van der Waals surface area contributed by atoms with E-state index in [1.807, 2.05) is 18.3 Å². The molecule has 0 bridgehead atoms. The van der Waals surface area contributed by atoms with Crippen molar-refractivity contribution in [1.82, 2.24) is 34.0 Å². The minimum atomic E-state index is -2.46. The van der Waals surface area contributed by atoms with E-state index >= 15 is 0 Å². The number of alkyl halides is 2. The Kier molecular flexibility index (Phi) is 4.23. The predicted molar refractivity (Wildman–Crippen MR) is 117 cm³/mol. The summed E-state index contributed by atoms with van der Waals surface area (Å²) in [7, 11) is 2.16. The highest BCUT2D eigenvalue weighted by molar-refractivity contribution is 5.85. The number of halogens is 2. The summed E-state index contributed by atoms with van der Waals surface area (Å²) < 4.78 is 29.4. The molecule has 166 valence electrons. The minimum Gasteiger partial charge on any atom is -0.350 e. The molecule has 1 N–H and O–H groups in total. The van der Waals surface area contributed by atoms with Crippen molar-refractivity contribution in [3.05, 3.63) is 36.5 Å². The van der Waals surface area contributed by atoms with Crippen LogP contribution in [0.1, 0.15) is 18.7 Å². The molecule has 10 heteroatoms. The van der Waals surface area contributed by atoms with Crippen LogP contribution in [0.15, 0.2) is 30.7 Å². The van der Waals surface area contributed by atoms with Gasteiger partial charge < -0.3 is 14.8 Å². The Balaban J connectivity index is 1.26. The van der Waals surface area contributed by atoms with Crippen LogP contribution in [0.4, 0.5) is 14.7 Å². The maximum atomic E-state index is 13.0. The fraction of sp³-hybridized carbons (Fsp3) is 0.455. The van der Waals surface area contributed by atoms with Crippen molar-refractivity contribution in [2.24, 2.45) is 5.41 Å². The van der Waals surface area contributed by atoms with Crippen LogP contribution in [0.25, 0.3) is 27.8 Å². The lowest BCUT2D eigenvalue weighted by atomic mass is 9.61. The summed E-state index contributed by atoms with van der Waals surface area (Å²) in [6.07, 6.45) is 5.25. The molecule has 0 radical (unpaired) electrons. The molecule has 1 aliphatic heterocycles. The molecule has 0 atom stereocenters. The van der Waals surface area contributed by atoms with E-state index in [1.165, 1.54) is 17.7 Å². The van der Waals surface area contributed by atoms with Crippen molar-refractivity contribution < 1.29 is 8.78 Å². The summed E-state index contributed by atoms with van der Waals surface area (Å²) in [6, 6.07) is 4.22. The molecule has 1 saturated heterocycles. The van der Waals surface area contributed by atoms with Crippen molar-refractivity contribution in [1.29, 1.82) is 0 Å². The van der Waals surface area contributed by atoms with Gasteiger partial charge in [0.25, 0.3) is 6.43 Å². The van der Waals surface area contributed by atoms with Gasteiger partial charge >= 0.3 is 0 Å². The number of pyridine rings is 1. The van der Waals surface area contributed by atoms with Gasteiger partial charge in [0.05, 0.1) is 23.8 Å². The van der Waals surface area contributed by atoms with E-state index < -0.39 is 13.0 Å². The number of hydrogen-bond acceptors (Lipinski definition) is 6. The van der Waals surface area contributed by atoms with E-state index in [1.54, 1.807) is 23.8 Å². The number of anilines is 1. The molecule has 2 aliphatic rings. The first-order valence-electron chi connectivity index (χ1n) is 10.8. The number of fused-ring (bicyclic) bond motifs is 2. The van der Waals surface area contributed by atoms with Crippen molar-refractivity contribution in [3.8, 4) is 11.1 Å². The van der Waals surface area contributed by atoms with Crippen molar-refractivity contribution >= 4 is 22.6 Å². The molecule has 6 rings (SSSR count). The Labute approximate surface area is 183 Å². The van der Waals surface area contributed by atoms with E-state index in [4.69, 9.17) is 0 Å². The van der Waals surface area contributed by atoms with Gasteiger partial charge in [-0.05, 0) is 44.4 Å². The molecule has 1 saturated carbocycles. The van der Waals surface area contributed by atoms with Gasteiger partial charge in [-0.1, -0.05) is 0 Å². The van der Waals surface area contributed by atoms with E-state index in [0.717, 1.165) is 29.5 Å². The zero-order valence-corrected chi connectivity index (χ0v) is 18.0. The minimum absolute atomic E-state index is 0.402. The third-order valence-electron chi connectivity index (χ3n) is 6.75.